The maximum absolute atomic E-state index is 9.21. The second-order valence-electron chi connectivity index (χ2n) is 3.99. The first-order chi connectivity index (χ1) is 8.38. The highest BCUT2D eigenvalue weighted by Gasteiger charge is 2.15. The van der Waals surface area contributed by atoms with Gasteiger partial charge in [0.15, 0.2) is 0 Å². The maximum atomic E-state index is 9.21. The number of fused-ring (bicyclic) bond motifs is 3. The molecule has 17 heavy (non-hydrogen) atoms. The number of rotatable bonds is 1. The third kappa shape index (κ3) is 1.92. The molecule has 1 aliphatic rings. The average molecular weight is 244 g/mol. The van der Waals surface area contributed by atoms with Crippen LogP contribution in [-0.4, -0.2) is 5.11 Å². The molecule has 0 radical (unpaired) electrons. The summed E-state index contributed by atoms with van der Waals surface area (Å²) in [5, 5.41) is 9.21. The molecule has 0 aliphatic carbocycles. The molecule has 0 fully saturated rings. The fourth-order valence-corrected chi connectivity index (χ4v) is 2.73. The molecule has 0 saturated carbocycles. The lowest BCUT2D eigenvalue weighted by molar-refractivity contribution is 0.282. The molecular formula is C14H12O2S. The quantitative estimate of drug-likeness (QED) is 0.780. The van der Waals surface area contributed by atoms with Crippen molar-refractivity contribution in [2.24, 2.45) is 0 Å². The number of aliphatic hydroxyl groups is 1. The van der Waals surface area contributed by atoms with Crippen molar-refractivity contribution < 1.29 is 9.29 Å². The van der Waals surface area contributed by atoms with Gasteiger partial charge in [-0.05, 0) is 28.8 Å². The fourth-order valence-electron chi connectivity index (χ4n) is 2.02. The minimum absolute atomic E-state index is 0.0581. The second kappa shape index (κ2) is 4.43. The molecule has 3 heteroatoms. The first-order valence-corrected chi connectivity index (χ1v) is 6.41. The Kier molecular flexibility index (Phi) is 2.79. The number of hydrogen-bond donors (Lipinski definition) is 1. The number of aliphatic hydroxyl groups excluding tert-OH is 1. The van der Waals surface area contributed by atoms with Gasteiger partial charge in [0.1, 0.15) is 5.75 Å². The maximum Gasteiger partial charge on any atom is 0.145 e. The van der Waals surface area contributed by atoms with E-state index < -0.39 is 0 Å². The molecule has 2 nitrogen and oxygen atoms in total. The van der Waals surface area contributed by atoms with Crippen LogP contribution in [0.2, 0.25) is 0 Å². The van der Waals surface area contributed by atoms with Crippen LogP contribution >= 0.6 is 12.0 Å². The highest BCUT2D eigenvalue weighted by molar-refractivity contribution is 7.94. The Hall–Kier alpha value is -1.45. The van der Waals surface area contributed by atoms with E-state index in [0.29, 0.717) is 0 Å². The molecule has 3 rings (SSSR count). The van der Waals surface area contributed by atoms with Gasteiger partial charge in [-0.2, -0.15) is 0 Å². The Morgan fingerprint density at radius 1 is 1.12 bits per heavy atom. The van der Waals surface area contributed by atoms with Crippen LogP contribution in [0.1, 0.15) is 11.1 Å². The molecule has 0 atom stereocenters. The van der Waals surface area contributed by atoms with E-state index in [2.05, 4.69) is 12.1 Å². The minimum Gasteiger partial charge on any atom is -0.425 e. The standard InChI is InChI=1S/C14H12O2S/c15-8-10-5-6-14-13(7-10)12-4-2-1-3-11(12)9-17-16-14/h1-7,15H,8-9H2. The van der Waals surface area contributed by atoms with Crippen molar-refractivity contribution in [3.8, 4) is 16.9 Å². The Morgan fingerprint density at radius 3 is 2.88 bits per heavy atom. The average Bonchev–Trinajstić information content (AvgIpc) is 2.57. The SMILES string of the molecule is OCc1ccc2c(c1)-c1ccccc1CSO2. The highest BCUT2D eigenvalue weighted by Crippen LogP contribution is 2.39. The van der Waals surface area contributed by atoms with Crippen LogP contribution < -0.4 is 4.18 Å². The summed E-state index contributed by atoms with van der Waals surface area (Å²) in [4.78, 5) is 0. The van der Waals surface area contributed by atoms with E-state index >= 15 is 0 Å². The number of hydrogen-bond acceptors (Lipinski definition) is 3. The van der Waals surface area contributed by atoms with Crippen molar-refractivity contribution in [1.82, 2.24) is 0 Å². The van der Waals surface area contributed by atoms with Gasteiger partial charge in [-0.3, -0.25) is 0 Å². The van der Waals surface area contributed by atoms with Crippen LogP contribution in [0.15, 0.2) is 42.5 Å². The van der Waals surface area contributed by atoms with E-state index in [-0.39, 0.29) is 6.61 Å². The van der Waals surface area contributed by atoms with Crippen molar-refractivity contribution in [3.05, 3.63) is 53.6 Å². The predicted molar refractivity (Wildman–Crippen MR) is 69.7 cm³/mol. The molecule has 2 aromatic carbocycles. The van der Waals surface area contributed by atoms with E-state index in [1.165, 1.54) is 23.2 Å². The molecule has 0 amide bonds. The molecule has 86 valence electrons. The summed E-state index contributed by atoms with van der Waals surface area (Å²) in [5.74, 6) is 1.72. The third-order valence-electron chi connectivity index (χ3n) is 2.90. The van der Waals surface area contributed by atoms with Crippen molar-refractivity contribution >= 4 is 12.0 Å². The molecule has 0 bridgehead atoms. The van der Waals surface area contributed by atoms with Gasteiger partial charge in [-0.1, -0.05) is 30.3 Å². The molecule has 0 saturated heterocycles. The lowest BCUT2D eigenvalue weighted by atomic mass is 9.98. The fraction of sp³-hybridized carbons (Fsp3) is 0.143. The van der Waals surface area contributed by atoms with E-state index in [0.717, 1.165) is 22.6 Å². The topological polar surface area (TPSA) is 29.5 Å². The summed E-state index contributed by atoms with van der Waals surface area (Å²) in [6.45, 7) is 0.0581. The van der Waals surface area contributed by atoms with Gasteiger partial charge in [0.05, 0.1) is 24.4 Å². The minimum atomic E-state index is 0.0581. The van der Waals surface area contributed by atoms with Crippen molar-refractivity contribution in [1.29, 1.82) is 0 Å². The smallest absolute Gasteiger partial charge is 0.145 e. The third-order valence-corrected chi connectivity index (χ3v) is 3.62. The molecular weight excluding hydrogens is 232 g/mol. The molecule has 1 heterocycles. The summed E-state index contributed by atoms with van der Waals surface area (Å²) in [6.07, 6.45) is 0. The summed E-state index contributed by atoms with van der Waals surface area (Å²) >= 11 is 1.45. The van der Waals surface area contributed by atoms with Gasteiger partial charge in [-0.15, -0.1) is 0 Å². The Bertz CT molecular complexity index is 552. The van der Waals surface area contributed by atoms with Crippen molar-refractivity contribution in [2.75, 3.05) is 0 Å². The summed E-state index contributed by atoms with van der Waals surface area (Å²) in [7, 11) is 0. The highest BCUT2D eigenvalue weighted by atomic mass is 32.2. The Labute approximate surface area is 104 Å². The monoisotopic (exact) mass is 244 g/mol. The first-order valence-electron chi connectivity index (χ1n) is 5.50. The molecule has 2 aromatic rings. The summed E-state index contributed by atoms with van der Waals surface area (Å²) in [6, 6.07) is 14.1. The number of benzene rings is 2. The summed E-state index contributed by atoms with van der Waals surface area (Å²) in [5.41, 5.74) is 4.44. The van der Waals surface area contributed by atoms with Gasteiger partial charge in [0.25, 0.3) is 0 Å². The Morgan fingerprint density at radius 2 is 2.00 bits per heavy atom. The van der Waals surface area contributed by atoms with Crippen LogP contribution in [0.25, 0.3) is 11.1 Å². The van der Waals surface area contributed by atoms with Crippen molar-refractivity contribution in [2.45, 2.75) is 12.4 Å². The van der Waals surface area contributed by atoms with Gasteiger partial charge >= 0.3 is 0 Å². The molecule has 1 N–H and O–H groups in total. The predicted octanol–water partition coefficient (Wildman–Crippen LogP) is 3.39. The largest absolute Gasteiger partial charge is 0.425 e. The van der Waals surface area contributed by atoms with Crippen molar-refractivity contribution in [3.63, 3.8) is 0 Å². The van der Waals surface area contributed by atoms with Crippen LogP contribution in [-0.2, 0) is 12.4 Å². The molecule has 1 aliphatic heterocycles. The first kappa shape index (κ1) is 10.7. The zero-order valence-corrected chi connectivity index (χ0v) is 10.0. The zero-order valence-electron chi connectivity index (χ0n) is 9.22. The lowest BCUT2D eigenvalue weighted by Gasteiger charge is -2.08. The summed E-state index contributed by atoms with van der Waals surface area (Å²) < 4.78 is 5.67. The van der Waals surface area contributed by atoms with Crippen LogP contribution in [0, 0.1) is 0 Å². The second-order valence-corrected chi connectivity index (χ2v) is 4.68. The molecule has 0 unspecified atom stereocenters. The lowest BCUT2D eigenvalue weighted by Crippen LogP contribution is -1.88. The van der Waals surface area contributed by atoms with E-state index in [1.807, 2.05) is 30.3 Å². The molecule has 0 aromatic heterocycles. The van der Waals surface area contributed by atoms with Crippen LogP contribution in [0.3, 0.4) is 0 Å². The van der Waals surface area contributed by atoms with Crippen LogP contribution in [0.4, 0.5) is 0 Å². The van der Waals surface area contributed by atoms with Gasteiger partial charge in [-0.25, -0.2) is 0 Å². The normalized spacial score (nSPS) is 13.2. The Balaban J connectivity index is 2.23. The van der Waals surface area contributed by atoms with Gasteiger partial charge in [0, 0.05) is 5.56 Å². The van der Waals surface area contributed by atoms with Gasteiger partial charge < -0.3 is 9.29 Å². The van der Waals surface area contributed by atoms with Gasteiger partial charge in [0.2, 0.25) is 0 Å². The zero-order chi connectivity index (χ0) is 11.7. The van der Waals surface area contributed by atoms with E-state index in [9.17, 15) is 5.11 Å². The van der Waals surface area contributed by atoms with E-state index in [4.69, 9.17) is 4.18 Å². The van der Waals surface area contributed by atoms with Crippen LogP contribution in [0.5, 0.6) is 5.75 Å². The molecule has 0 spiro atoms. The van der Waals surface area contributed by atoms with E-state index in [1.54, 1.807) is 0 Å².